The Bertz CT molecular complexity index is 902. The van der Waals surface area contributed by atoms with Gasteiger partial charge in [-0.1, -0.05) is 58.6 Å². The number of hydrogen-bond donors (Lipinski definition) is 0. The minimum Gasteiger partial charge on any atom is -0.186 e. The predicted molar refractivity (Wildman–Crippen MR) is 101 cm³/mol. The second kappa shape index (κ2) is 8.91. The van der Waals surface area contributed by atoms with E-state index in [1.807, 2.05) is 0 Å². The third kappa shape index (κ3) is 4.40. The van der Waals surface area contributed by atoms with Gasteiger partial charge in [-0.05, 0) is 36.4 Å². The minimum absolute atomic E-state index is 0. The molecule has 0 N–H and O–H groups in total. The van der Waals surface area contributed by atoms with E-state index < -0.39 is 23.1 Å². The molecule has 3 aromatic rings. The quantitative estimate of drug-likeness (QED) is 0.293. The van der Waals surface area contributed by atoms with E-state index in [0.29, 0.717) is 15.9 Å². The van der Waals surface area contributed by atoms with Gasteiger partial charge in [0.25, 0.3) is 7.49 Å². The zero-order valence-corrected chi connectivity index (χ0v) is 17.4. The molecule has 0 heterocycles. The van der Waals surface area contributed by atoms with E-state index in [1.165, 1.54) is 0 Å². The van der Waals surface area contributed by atoms with Crippen LogP contribution in [0.15, 0.2) is 91.0 Å². The van der Waals surface area contributed by atoms with Gasteiger partial charge >= 0.3 is 15.6 Å². The first-order valence-electron chi connectivity index (χ1n) is 7.86. The van der Waals surface area contributed by atoms with Crippen LogP contribution < -0.4 is 15.9 Å². The Hall–Kier alpha value is -1.47. The van der Waals surface area contributed by atoms with Gasteiger partial charge in [-0.3, -0.25) is 0 Å². The third-order valence-corrected chi connectivity index (χ3v) is 9.18. The molecule has 0 saturated carbocycles. The first-order chi connectivity index (χ1) is 12.8. The van der Waals surface area contributed by atoms with Crippen molar-refractivity contribution in [1.82, 2.24) is 0 Å². The summed E-state index contributed by atoms with van der Waals surface area (Å²) in [6.07, 6.45) is 0. The van der Waals surface area contributed by atoms with Crippen LogP contribution in [-0.4, -0.2) is 13.9 Å². The molecule has 3 rings (SSSR count). The van der Waals surface area contributed by atoms with Gasteiger partial charge in [0, 0.05) is 22.4 Å². The number of alkyl halides is 3. The maximum atomic E-state index is 13.2. The minimum atomic E-state index is -5.85. The largest absolute Gasteiger partial charge is 0.526 e. The second-order valence-electron chi connectivity index (χ2n) is 5.59. The van der Waals surface area contributed by atoms with Gasteiger partial charge in [-0.2, -0.15) is 21.6 Å². The molecule has 0 unspecified atom stereocenters. The van der Waals surface area contributed by atoms with Crippen LogP contribution in [0.3, 0.4) is 0 Å². The van der Waals surface area contributed by atoms with Gasteiger partial charge in [0.2, 0.25) is 0 Å². The van der Waals surface area contributed by atoms with Crippen molar-refractivity contribution in [2.45, 2.75) is 5.51 Å². The van der Waals surface area contributed by atoms with Gasteiger partial charge in [-0.15, -0.1) is 0 Å². The van der Waals surface area contributed by atoms with Gasteiger partial charge < -0.3 is 0 Å². The summed E-state index contributed by atoms with van der Waals surface area (Å²) in [7, 11) is -9.43. The molecule has 3 nitrogen and oxygen atoms in total. The molecule has 28 heavy (non-hydrogen) atoms. The summed E-state index contributed by atoms with van der Waals surface area (Å²) in [4.78, 5) is 0. The summed E-state index contributed by atoms with van der Waals surface area (Å²) in [6, 6.07) is 24.4. The van der Waals surface area contributed by atoms with Gasteiger partial charge in [0.1, 0.15) is 15.9 Å². The topological polar surface area (TPSA) is 43.4 Å². The molecule has 9 heteroatoms. The molecule has 0 amide bonds. The molecule has 0 fully saturated rings. The van der Waals surface area contributed by atoms with Gasteiger partial charge in [0.05, 0.1) is 0 Å². The van der Waals surface area contributed by atoms with Crippen molar-refractivity contribution in [2.24, 2.45) is 0 Å². The molecular weight excluding hydrogens is 504 g/mol. The summed E-state index contributed by atoms with van der Waals surface area (Å²) in [5.41, 5.74) is -5.53. The van der Waals surface area contributed by atoms with E-state index in [4.69, 9.17) is 3.97 Å². The summed E-state index contributed by atoms with van der Waals surface area (Å²) >= 11 is 0. The van der Waals surface area contributed by atoms with E-state index in [9.17, 15) is 21.6 Å². The fourth-order valence-corrected chi connectivity index (χ4v) is 7.90. The zero-order chi connectivity index (χ0) is 19.5. The number of benzene rings is 3. The van der Waals surface area contributed by atoms with E-state index in [2.05, 4.69) is 0 Å². The van der Waals surface area contributed by atoms with Crippen molar-refractivity contribution in [3.05, 3.63) is 91.0 Å². The maximum absolute atomic E-state index is 13.2. The Labute approximate surface area is 177 Å². The van der Waals surface area contributed by atoms with E-state index in [-0.39, 0.29) is 22.4 Å². The first-order valence-corrected chi connectivity index (χ1v) is 11.0. The summed E-state index contributed by atoms with van der Waals surface area (Å²) in [5.74, 6) is 0. The average molecular weight is 519 g/mol. The van der Waals surface area contributed by atoms with E-state index in [1.54, 1.807) is 91.0 Å². The Morgan fingerprint density at radius 3 is 1.18 bits per heavy atom. The van der Waals surface area contributed by atoms with Crippen molar-refractivity contribution < 1.29 is 47.9 Å². The van der Waals surface area contributed by atoms with Crippen molar-refractivity contribution in [2.75, 3.05) is 0 Å². The summed E-state index contributed by atoms with van der Waals surface area (Å²) in [5, 5.41) is 1.11. The fourth-order valence-electron chi connectivity index (χ4n) is 2.68. The molecule has 151 valence electrons. The SMILES string of the molecule is O=S(=O)(O[P+](c1ccccc1)(c1ccccc1)c1ccccc1)C(F)(F)F.[Ag]. The average Bonchev–Trinajstić information content (AvgIpc) is 2.67. The fraction of sp³-hybridized carbons (Fsp3) is 0.0526. The smallest absolute Gasteiger partial charge is 0.186 e. The number of rotatable bonds is 5. The van der Waals surface area contributed by atoms with Gasteiger partial charge in [0.15, 0.2) is 0 Å². The second-order valence-corrected chi connectivity index (χ2v) is 10.3. The molecule has 0 aliphatic heterocycles. The molecule has 0 bridgehead atoms. The van der Waals surface area contributed by atoms with Crippen molar-refractivity contribution in [3.63, 3.8) is 0 Å². The zero-order valence-electron chi connectivity index (χ0n) is 14.2. The van der Waals surface area contributed by atoms with Crippen molar-refractivity contribution in [1.29, 1.82) is 0 Å². The van der Waals surface area contributed by atoms with E-state index >= 15 is 0 Å². The van der Waals surface area contributed by atoms with Crippen LogP contribution in [0, 0.1) is 0 Å². The van der Waals surface area contributed by atoms with Crippen LogP contribution in [0.4, 0.5) is 13.2 Å². The van der Waals surface area contributed by atoms with Crippen molar-refractivity contribution in [3.8, 4) is 0 Å². The summed E-state index contributed by atoms with van der Waals surface area (Å²) in [6.45, 7) is 0. The Morgan fingerprint density at radius 2 is 0.929 bits per heavy atom. The molecule has 0 spiro atoms. The summed E-state index contributed by atoms with van der Waals surface area (Å²) < 4.78 is 68.9. The van der Waals surface area contributed by atoms with Gasteiger partial charge in [-0.25, -0.2) is 0 Å². The molecule has 1 radical (unpaired) electrons. The third-order valence-electron chi connectivity index (χ3n) is 3.85. The number of halogens is 3. The van der Waals surface area contributed by atoms with Crippen molar-refractivity contribution >= 4 is 33.5 Å². The Kier molecular flexibility index (Phi) is 7.26. The number of hydrogen-bond acceptors (Lipinski definition) is 3. The molecule has 0 aliphatic rings. The normalized spacial score (nSPS) is 12.2. The van der Waals surface area contributed by atoms with Crippen LogP contribution in [0.1, 0.15) is 0 Å². The monoisotopic (exact) mass is 518 g/mol. The van der Waals surface area contributed by atoms with Crippen LogP contribution in [0.2, 0.25) is 0 Å². The molecule has 3 aromatic carbocycles. The molecular formula is C19H15AgF3O3PS+. The standard InChI is InChI=1S/C19H15F3O3PS.Ag/c20-19(21,22)27(23,24)25-26(16-10-4-1-5-11-16,17-12-6-2-7-13-17)18-14-8-3-9-15-18;/h1-15H;/q+1;. The van der Waals surface area contributed by atoms with Crippen LogP contribution >= 0.6 is 7.49 Å². The molecule has 0 aromatic heterocycles. The maximum Gasteiger partial charge on any atom is 0.526 e. The Balaban J connectivity index is 0.00000280. The predicted octanol–water partition coefficient (Wildman–Crippen LogP) is 3.76. The van der Waals surface area contributed by atoms with Crippen LogP contribution in [0.25, 0.3) is 0 Å². The van der Waals surface area contributed by atoms with Crippen LogP contribution in [-0.2, 0) is 36.5 Å². The van der Waals surface area contributed by atoms with Crippen LogP contribution in [0.5, 0.6) is 0 Å². The first kappa shape index (κ1) is 22.8. The Morgan fingerprint density at radius 1 is 0.643 bits per heavy atom. The van der Waals surface area contributed by atoms with E-state index in [0.717, 1.165) is 0 Å². The molecule has 0 saturated heterocycles. The molecule has 0 atom stereocenters. The molecule has 0 aliphatic carbocycles.